The number of ether oxygens (including phenoxy) is 2. The van der Waals surface area contributed by atoms with Crippen LogP contribution in [0.15, 0.2) is 47.8 Å². The number of thiazole rings is 1. The Morgan fingerprint density at radius 2 is 1.71 bits per heavy atom. The highest BCUT2D eigenvalue weighted by Gasteiger charge is 2.26. The molecule has 0 bridgehead atoms. The Bertz CT molecular complexity index is 1400. The minimum atomic E-state index is -3.90. The molecule has 1 amide bonds. The van der Waals surface area contributed by atoms with Gasteiger partial charge in [-0.2, -0.15) is 4.31 Å². The quantitative estimate of drug-likeness (QED) is 0.246. The lowest BCUT2D eigenvalue weighted by Crippen LogP contribution is -2.37. The molecule has 3 rings (SSSR count). The number of amides is 1. The molecule has 0 saturated heterocycles. The predicted octanol–water partition coefficient (Wildman–Crippen LogP) is 3.57. The number of ketones is 1. The number of Topliss-reactive ketones (excluding diaryl/α,β-unsaturated/α-hetero) is 1. The smallest absolute Gasteiger partial charge is 0.254 e. The van der Waals surface area contributed by atoms with Crippen molar-refractivity contribution in [2.75, 3.05) is 46.2 Å². The van der Waals surface area contributed by atoms with Crippen molar-refractivity contribution in [3.8, 4) is 11.5 Å². The molecule has 0 saturated carbocycles. The number of aliphatic hydroxyl groups is 1. The van der Waals surface area contributed by atoms with Crippen molar-refractivity contribution in [2.24, 2.45) is 0 Å². The number of carbonyl (C=O) groups excluding carboxylic acids is 2. The third kappa shape index (κ3) is 8.59. The molecule has 2 aromatic carbocycles. The molecule has 10 nitrogen and oxygen atoms in total. The fourth-order valence-corrected chi connectivity index (χ4v) is 6.60. The van der Waals surface area contributed by atoms with Crippen LogP contribution in [0.2, 0.25) is 0 Å². The molecule has 0 aliphatic carbocycles. The molecule has 12 heteroatoms. The van der Waals surface area contributed by atoms with Gasteiger partial charge in [0.1, 0.15) is 28.0 Å². The Morgan fingerprint density at radius 3 is 2.29 bits per heavy atom. The molecule has 0 aliphatic rings. The van der Waals surface area contributed by atoms with E-state index >= 15 is 0 Å². The molecule has 1 aromatic heterocycles. The molecule has 1 heterocycles. The average molecular weight is 604 g/mol. The van der Waals surface area contributed by atoms with E-state index in [0.29, 0.717) is 35.0 Å². The third-order valence-corrected chi connectivity index (χ3v) is 9.28. The zero-order valence-corrected chi connectivity index (χ0v) is 25.5. The fourth-order valence-electron chi connectivity index (χ4n) is 4.37. The van der Waals surface area contributed by atoms with Crippen molar-refractivity contribution >= 4 is 33.1 Å². The van der Waals surface area contributed by atoms with E-state index in [1.165, 1.54) is 30.9 Å². The van der Waals surface area contributed by atoms with Crippen LogP contribution in [0.25, 0.3) is 0 Å². The Kier molecular flexibility index (Phi) is 11.8. The molecule has 0 radical (unpaired) electrons. The number of aryl methyl sites for hydroxylation is 1. The zero-order valence-electron chi connectivity index (χ0n) is 23.8. The van der Waals surface area contributed by atoms with Gasteiger partial charge in [0.15, 0.2) is 5.78 Å². The zero-order chi connectivity index (χ0) is 30.0. The van der Waals surface area contributed by atoms with Crippen LogP contribution in [-0.2, 0) is 23.0 Å². The number of carbonyl (C=O) groups is 2. The Morgan fingerprint density at radius 1 is 1.05 bits per heavy atom. The minimum Gasteiger partial charge on any atom is -0.496 e. The summed E-state index contributed by atoms with van der Waals surface area (Å²) in [4.78, 5) is 32.6. The normalized spacial score (nSPS) is 11.5. The van der Waals surface area contributed by atoms with Gasteiger partial charge in [-0.1, -0.05) is 37.3 Å². The van der Waals surface area contributed by atoms with Crippen LogP contribution in [0.4, 0.5) is 0 Å². The van der Waals surface area contributed by atoms with Gasteiger partial charge in [-0.3, -0.25) is 9.59 Å². The second-order valence-electron chi connectivity index (χ2n) is 9.34. The molecule has 1 N–H and O–H groups in total. The van der Waals surface area contributed by atoms with E-state index < -0.39 is 21.6 Å². The molecule has 0 spiro atoms. The Labute approximate surface area is 245 Å². The summed E-state index contributed by atoms with van der Waals surface area (Å²) in [5.41, 5.74) is 2.36. The lowest BCUT2D eigenvalue weighted by molar-refractivity contribution is 0.0740. The maximum absolute atomic E-state index is 13.8. The van der Waals surface area contributed by atoms with Gasteiger partial charge in [0.05, 0.1) is 27.4 Å². The van der Waals surface area contributed by atoms with Gasteiger partial charge in [0.2, 0.25) is 10.0 Å². The number of likely N-dealkylation sites (N-methyl/N-ethyl adjacent to an activating group) is 1. The Hall–Kier alpha value is -3.32. The van der Waals surface area contributed by atoms with Gasteiger partial charge < -0.3 is 19.5 Å². The molecule has 0 fully saturated rings. The fraction of sp³-hybridized carbons (Fsp3) is 0.414. The number of aliphatic hydroxyl groups excluding tert-OH is 1. The molecule has 0 atom stereocenters. The van der Waals surface area contributed by atoms with Crippen LogP contribution in [0.1, 0.15) is 50.3 Å². The minimum absolute atomic E-state index is 0.0315. The van der Waals surface area contributed by atoms with Crippen molar-refractivity contribution in [2.45, 2.75) is 33.2 Å². The summed E-state index contributed by atoms with van der Waals surface area (Å²) in [6.45, 7) is 3.78. The van der Waals surface area contributed by atoms with Crippen LogP contribution in [0.5, 0.6) is 11.5 Å². The first kappa shape index (κ1) is 32.2. The summed E-state index contributed by atoms with van der Waals surface area (Å²) in [5, 5.41) is 11.2. The largest absolute Gasteiger partial charge is 0.496 e. The van der Waals surface area contributed by atoms with Crippen LogP contribution in [0.3, 0.4) is 0 Å². The number of nitrogens with zero attached hydrogens (tertiary/aromatic N) is 3. The molecule has 0 aliphatic heterocycles. The van der Waals surface area contributed by atoms with Crippen molar-refractivity contribution < 1.29 is 32.6 Å². The first-order valence-electron chi connectivity index (χ1n) is 13.3. The average Bonchev–Trinajstić information content (AvgIpc) is 3.44. The second-order valence-corrected chi connectivity index (χ2v) is 12.3. The molecular weight excluding hydrogens is 566 g/mol. The maximum atomic E-state index is 13.8. The third-order valence-electron chi connectivity index (χ3n) is 6.60. The summed E-state index contributed by atoms with van der Waals surface area (Å²) in [6, 6.07) is 13.3. The van der Waals surface area contributed by atoms with E-state index in [4.69, 9.17) is 14.6 Å². The van der Waals surface area contributed by atoms with E-state index in [-0.39, 0.29) is 37.8 Å². The van der Waals surface area contributed by atoms with Crippen molar-refractivity contribution in [3.05, 3.63) is 75.2 Å². The van der Waals surface area contributed by atoms with Crippen molar-refractivity contribution in [1.29, 1.82) is 0 Å². The molecular formula is C29H37N3O7S2. The van der Waals surface area contributed by atoms with Gasteiger partial charge in [-0.05, 0) is 37.5 Å². The van der Waals surface area contributed by atoms with Crippen LogP contribution in [0, 0.1) is 6.92 Å². The molecule has 3 aromatic rings. The highest BCUT2D eigenvalue weighted by molar-refractivity contribution is 7.89. The van der Waals surface area contributed by atoms with Crippen LogP contribution >= 0.6 is 11.3 Å². The van der Waals surface area contributed by atoms with Crippen LogP contribution in [-0.4, -0.2) is 85.6 Å². The number of hydrogen-bond donors (Lipinski definition) is 1. The number of sulfonamides is 1. The lowest BCUT2D eigenvalue weighted by atomic mass is 10.1. The summed E-state index contributed by atoms with van der Waals surface area (Å²) in [5.74, 6) is -0.570. The number of methoxy groups -OCH3 is 2. The van der Waals surface area contributed by atoms with Crippen molar-refractivity contribution in [1.82, 2.24) is 14.2 Å². The highest BCUT2D eigenvalue weighted by atomic mass is 32.2. The van der Waals surface area contributed by atoms with Crippen molar-refractivity contribution in [3.63, 3.8) is 0 Å². The summed E-state index contributed by atoms with van der Waals surface area (Å²) in [6.07, 6.45) is 1.47. The standard InChI is InChI=1S/C29H37N3O7S2/c1-5-32(14-15-33)41(36,37)20-25(34)24-19-40-28(30-24)18-31(13-9-12-22-10-7-6-8-11-22)29(35)23-16-26(38-3)21(2)27(17-23)39-4/h6-8,10-11,16-17,19,33H,5,9,12-15,18,20H2,1-4H3. The highest BCUT2D eigenvalue weighted by Crippen LogP contribution is 2.30. The van der Waals surface area contributed by atoms with Gasteiger partial charge in [-0.15, -0.1) is 11.3 Å². The molecule has 41 heavy (non-hydrogen) atoms. The number of hydrogen-bond acceptors (Lipinski definition) is 9. The topological polar surface area (TPSA) is 126 Å². The van der Waals surface area contributed by atoms with E-state index in [0.717, 1.165) is 21.9 Å². The number of rotatable bonds is 16. The monoisotopic (exact) mass is 603 g/mol. The van der Waals surface area contributed by atoms with E-state index in [1.54, 1.807) is 24.0 Å². The Balaban J connectivity index is 1.82. The van der Waals surface area contributed by atoms with Gasteiger partial charge >= 0.3 is 0 Å². The summed E-state index contributed by atoms with van der Waals surface area (Å²) in [7, 11) is -0.834. The number of aromatic nitrogens is 1. The summed E-state index contributed by atoms with van der Waals surface area (Å²) >= 11 is 1.19. The lowest BCUT2D eigenvalue weighted by Gasteiger charge is -2.23. The van der Waals surface area contributed by atoms with E-state index in [2.05, 4.69) is 4.98 Å². The summed E-state index contributed by atoms with van der Waals surface area (Å²) < 4.78 is 37.2. The van der Waals surface area contributed by atoms with E-state index in [1.807, 2.05) is 37.3 Å². The van der Waals surface area contributed by atoms with Gasteiger partial charge in [0, 0.05) is 36.1 Å². The molecule has 0 unspecified atom stereocenters. The predicted molar refractivity (Wildman–Crippen MR) is 158 cm³/mol. The second kappa shape index (κ2) is 15.1. The molecule has 222 valence electrons. The van der Waals surface area contributed by atoms with E-state index in [9.17, 15) is 18.0 Å². The SMILES string of the molecule is CCN(CCO)S(=O)(=O)CC(=O)c1csc(CN(CCCc2ccccc2)C(=O)c2cc(OC)c(C)c(OC)c2)n1. The van der Waals surface area contributed by atoms with Gasteiger partial charge in [-0.25, -0.2) is 13.4 Å². The first-order chi connectivity index (χ1) is 19.6. The maximum Gasteiger partial charge on any atom is 0.254 e. The van der Waals surface area contributed by atoms with Gasteiger partial charge in [0.25, 0.3) is 5.91 Å². The van der Waals surface area contributed by atoms with Crippen LogP contribution < -0.4 is 9.47 Å². The first-order valence-corrected chi connectivity index (χ1v) is 15.7. The number of benzene rings is 2.